The molecule has 23 heavy (non-hydrogen) atoms. The van der Waals surface area contributed by atoms with Gasteiger partial charge in [0.1, 0.15) is 5.82 Å². The van der Waals surface area contributed by atoms with Gasteiger partial charge in [-0.15, -0.1) is 0 Å². The van der Waals surface area contributed by atoms with E-state index < -0.39 is 17.6 Å². The van der Waals surface area contributed by atoms with Crippen molar-refractivity contribution in [1.29, 1.82) is 0 Å². The van der Waals surface area contributed by atoms with Crippen molar-refractivity contribution < 1.29 is 18.5 Å². The van der Waals surface area contributed by atoms with Crippen molar-refractivity contribution in [2.75, 3.05) is 4.90 Å². The van der Waals surface area contributed by atoms with Crippen LogP contribution in [0.4, 0.5) is 10.1 Å². The van der Waals surface area contributed by atoms with E-state index in [1.165, 1.54) is 18.2 Å². The number of hydrogen-bond donors (Lipinski definition) is 0. The van der Waals surface area contributed by atoms with Crippen molar-refractivity contribution in [2.45, 2.75) is 0 Å². The van der Waals surface area contributed by atoms with Crippen LogP contribution in [0.1, 0.15) is 20.7 Å². The highest BCUT2D eigenvalue weighted by Crippen LogP contribution is 2.36. The first-order chi connectivity index (χ1) is 11.2. The monoisotopic (exact) mass is 309 g/mol. The number of anilines is 1. The summed E-state index contributed by atoms with van der Waals surface area (Å²) >= 11 is 0. The van der Waals surface area contributed by atoms with Crippen LogP contribution in [0.3, 0.4) is 0 Å². The lowest BCUT2D eigenvalue weighted by Gasteiger charge is -2.17. The number of halogens is 1. The standard InChI is InChI=1S/C16H8FN3O3/c17-11-6-3-7-12(13(11)14-18-8-23-19-14)20-15(21)9-4-1-2-5-10(9)16(20)22/h1-8H. The Labute approximate surface area is 129 Å². The number of rotatable bonds is 2. The van der Waals surface area contributed by atoms with Crippen LogP contribution in [-0.4, -0.2) is 22.0 Å². The summed E-state index contributed by atoms with van der Waals surface area (Å²) in [6.45, 7) is 0. The number of hydrogen-bond acceptors (Lipinski definition) is 5. The third-order valence-corrected chi connectivity index (χ3v) is 3.61. The predicted molar refractivity (Wildman–Crippen MR) is 77.3 cm³/mol. The smallest absolute Gasteiger partial charge is 0.266 e. The molecular formula is C16H8FN3O3. The third kappa shape index (κ3) is 1.87. The third-order valence-electron chi connectivity index (χ3n) is 3.61. The van der Waals surface area contributed by atoms with Crippen molar-refractivity contribution in [2.24, 2.45) is 0 Å². The molecule has 2 heterocycles. The number of benzene rings is 2. The summed E-state index contributed by atoms with van der Waals surface area (Å²) in [6, 6.07) is 10.5. The van der Waals surface area contributed by atoms with Gasteiger partial charge in [-0.1, -0.05) is 23.4 Å². The summed E-state index contributed by atoms with van der Waals surface area (Å²) in [5.41, 5.74) is 0.579. The number of imide groups is 1. The molecule has 1 aliphatic heterocycles. The van der Waals surface area contributed by atoms with E-state index in [1.807, 2.05) is 0 Å². The Balaban J connectivity index is 1.92. The lowest BCUT2D eigenvalue weighted by atomic mass is 10.1. The summed E-state index contributed by atoms with van der Waals surface area (Å²) in [5.74, 6) is -1.71. The van der Waals surface area contributed by atoms with E-state index in [1.54, 1.807) is 24.3 Å². The SMILES string of the molecule is O=C1c2ccccc2C(=O)N1c1cccc(F)c1-c1ncon1. The van der Waals surface area contributed by atoms with Crippen LogP contribution in [0.25, 0.3) is 11.4 Å². The number of fused-ring (bicyclic) bond motifs is 1. The van der Waals surface area contributed by atoms with Crippen LogP contribution in [0.2, 0.25) is 0 Å². The Morgan fingerprint density at radius 2 is 1.65 bits per heavy atom. The van der Waals surface area contributed by atoms with Gasteiger partial charge >= 0.3 is 0 Å². The predicted octanol–water partition coefficient (Wildman–Crippen LogP) is 2.68. The van der Waals surface area contributed by atoms with E-state index in [-0.39, 0.29) is 28.2 Å². The van der Waals surface area contributed by atoms with Gasteiger partial charge in [0.05, 0.1) is 22.4 Å². The highest BCUT2D eigenvalue weighted by molar-refractivity contribution is 6.35. The van der Waals surface area contributed by atoms with Crippen molar-refractivity contribution in [1.82, 2.24) is 10.1 Å². The summed E-state index contributed by atoms with van der Waals surface area (Å²) in [7, 11) is 0. The topological polar surface area (TPSA) is 76.3 Å². The lowest BCUT2D eigenvalue weighted by molar-refractivity contribution is 0.0926. The molecule has 0 bridgehead atoms. The second kappa shape index (κ2) is 4.84. The first-order valence-corrected chi connectivity index (χ1v) is 6.71. The molecule has 0 unspecified atom stereocenters. The number of aromatic nitrogens is 2. The number of nitrogens with zero attached hydrogens (tertiary/aromatic N) is 3. The molecular weight excluding hydrogens is 301 g/mol. The molecule has 6 nitrogen and oxygen atoms in total. The molecule has 2 aromatic carbocycles. The number of carbonyl (C=O) groups is 2. The average molecular weight is 309 g/mol. The van der Waals surface area contributed by atoms with Crippen LogP contribution in [0, 0.1) is 5.82 Å². The molecule has 0 fully saturated rings. The van der Waals surface area contributed by atoms with Crippen LogP contribution < -0.4 is 4.90 Å². The molecule has 112 valence electrons. The quantitative estimate of drug-likeness (QED) is 0.680. The van der Waals surface area contributed by atoms with Crippen molar-refractivity contribution >= 4 is 17.5 Å². The highest BCUT2D eigenvalue weighted by atomic mass is 19.1. The van der Waals surface area contributed by atoms with E-state index in [2.05, 4.69) is 14.7 Å². The van der Waals surface area contributed by atoms with E-state index in [0.717, 1.165) is 11.3 Å². The molecule has 2 amide bonds. The molecule has 0 atom stereocenters. The Kier molecular flexibility index (Phi) is 2.80. The minimum atomic E-state index is -0.652. The number of amides is 2. The van der Waals surface area contributed by atoms with E-state index in [0.29, 0.717) is 0 Å². The van der Waals surface area contributed by atoms with Crippen molar-refractivity contribution in [3.63, 3.8) is 0 Å². The Hall–Kier alpha value is -3.35. The molecule has 1 aliphatic rings. The molecule has 0 radical (unpaired) electrons. The van der Waals surface area contributed by atoms with Gasteiger partial charge in [0, 0.05) is 0 Å². The van der Waals surface area contributed by atoms with Gasteiger partial charge in [-0.2, -0.15) is 4.98 Å². The summed E-state index contributed by atoms with van der Waals surface area (Å²) in [4.78, 5) is 29.9. The molecule has 3 aromatic rings. The maximum atomic E-state index is 14.3. The fourth-order valence-electron chi connectivity index (χ4n) is 2.61. The highest BCUT2D eigenvalue weighted by Gasteiger charge is 2.38. The van der Waals surface area contributed by atoms with Gasteiger partial charge in [-0.3, -0.25) is 9.59 Å². The number of carbonyl (C=O) groups excluding carboxylic acids is 2. The van der Waals surface area contributed by atoms with Gasteiger partial charge in [0.25, 0.3) is 11.8 Å². The summed E-state index contributed by atoms with van der Waals surface area (Å²) in [6.07, 6.45) is 1.05. The summed E-state index contributed by atoms with van der Waals surface area (Å²) < 4.78 is 18.9. The zero-order valence-electron chi connectivity index (χ0n) is 11.6. The first kappa shape index (κ1) is 13.3. The largest absolute Gasteiger partial charge is 0.342 e. The normalized spacial score (nSPS) is 13.5. The molecule has 0 N–H and O–H groups in total. The Morgan fingerprint density at radius 1 is 0.957 bits per heavy atom. The van der Waals surface area contributed by atoms with Gasteiger partial charge in [-0.05, 0) is 24.3 Å². The maximum Gasteiger partial charge on any atom is 0.266 e. The van der Waals surface area contributed by atoms with Gasteiger partial charge < -0.3 is 4.52 Å². The zero-order valence-corrected chi connectivity index (χ0v) is 11.6. The molecule has 1 aromatic heterocycles. The van der Waals surface area contributed by atoms with Crippen LogP contribution in [0.15, 0.2) is 53.4 Å². The zero-order chi connectivity index (χ0) is 16.0. The second-order valence-electron chi connectivity index (χ2n) is 4.88. The van der Waals surface area contributed by atoms with Crippen molar-refractivity contribution in [3.8, 4) is 11.4 Å². The molecule has 7 heteroatoms. The van der Waals surface area contributed by atoms with Gasteiger partial charge in [0.15, 0.2) is 0 Å². The average Bonchev–Trinajstić information content (AvgIpc) is 3.16. The minimum absolute atomic E-state index is 0.0327. The lowest BCUT2D eigenvalue weighted by Crippen LogP contribution is -2.30. The maximum absolute atomic E-state index is 14.3. The minimum Gasteiger partial charge on any atom is -0.342 e. The first-order valence-electron chi connectivity index (χ1n) is 6.71. The summed E-state index contributed by atoms with van der Waals surface area (Å²) in [5, 5.41) is 3.60. The van der Waals surface area contributed by atoms with Crippen LogP contribution in [0.5, 0.6) is 0 Å². The van der Waals surface area contributed by atoms with E-state index in [9.17, 15) is 14.0 Å². The van der Waals surface area contributed by atoms with E-state index in [4.69, 9.17) is 0 Å². The van der Waals surface area contributed by atoms with E-state index >= 15 is 0 Å². The molecule has 0 saturated carbocycles. The molecule has 0 aliphatic carbocycles. The fourth-order valence-corrected chi connectivity index (χ4v) is 2.61. The Morgan fingerprint density at radius 3 is 2.26 bits per heavy atom. The van der Waals surface area contributed by atoms with Crippen LogP contribution >= 0.6 is 0 Å². The Bertz CT molecular complexity index is 903. The molecule has 0 spiro atoms. The van der Waals surface area contributed by atoms with Crippen molar-refractivity contribution in [3.05, 3.63) is 65.8 Å². The molecule has 4 rings (SSSR count). The van der Waals surface area contributed by atoms with Crippen LogP contribution in [-0.2, 0) is 0 Å². The second-order valence-corrected chi connectivity index (χ2v) is 4.88. The molecule has 0 saturated heterocycles. The van der Waals surface area contributed by atoms with Gasteiger partial charge in [0.2, 0.25) is 12.2 Å². The van der Waals surface area contributed by atoms with Gasteiger partial charge in [-0.25, -0.2) is 9.29 Å². The fraction of sp³-hybridized carbons (Fsp3) is 0.